The molecule has 1 aromatic carbocycles. The summed E-state index contributed by atoms with van der Waals surface area (Å²) in [7, 11) is 0. The Labute approximate surface area is 123 Å². The van der Waals surface area contributed by atoms with Gasteiger partial charge in [0.05, 0.1) is 5.56 Å². The third-order valence-corrected chi connectivity index (χ3v) is 2.90. The van der Waals surface area contributed by atoms with Crippen LogP contribution in [-0.4, -0.2) is 34.6 Å². The highest BCUT2D eigenvalue weighted by molar-refractivity contribution is 5.92. The van der Waals surface area contributed by atoms with E-state index in [9.17, 15) is 14.0 Å². The van der Waals surface area contributed by atoms with E-state index in [1.165, 1.54) is 6.07 Å². The van der Waals surface area contributed by atoms with Gasteiger partial charge < -0.3 is 15.3 Å². The predicted molar refractivity (Wildman–Crippen MR) is 79.1 cm³/mol. The molecule has 0 spiro atoms. The van der Waals surface area contributed by atoms with E-state index in [1.807, 2.05) is 27.7 Å². The Hall–Kier alpha value is -2.11. The van der Waals surface area contributed by atoms with E-state index < -0.39 is 17.3 Å². The molecular formula is C15H21FN2O3. The highest BCUT2D eigenvalue weighted by atomic mass is 19.1. The van der Waals surface area contributed by atoms with Crippen molar-refractivity contribution in [2.45, 2.75) is 33.7 Å². The summed E-state index contributed by atoms with van der Waals surface area (Å²) in [5.74, 6) is -1.90. The highest BCUT2D eigenvalue weighted by Gasteiger charge is 2.19. The van der Waals surface area contributed by atoms with Crippen LogP contribution in [-0.2, 0) is 0 Å². The third-order valence-electron chi connectivity index (χ3n) is 2.90. The molecule has 0 aliphatic carbocycles. The summed E-state index contributed by atoms with van der Waals surface area (Å²) in [6.07, 6.45) is 0. The molecule has 0 saturated carbocycles. The van der Waals surface area contributed by atoms with Gasteiger partial charge in [0.15, 0.2) is 0 Å². The summed E-state index contributed by atoms with van der Waals surface area (Å²) in [6, 6.07) is 3.19. The average Bonchev–Trinajstić information content (AvgIpc) is 2.34. The summed E-state index contributed by atoms with van der Waals surface area (Å²) in [4.78, 5) is 24.6. The molecule has 0 radical (unpaired) electrons. The smallest absolute Gasteiger partial charge is 0.338 e. The average molecular weight is 296 g/mol. The van der Waals surface area contributed by atoms with E-state index in [-0.39, 0.29) is 17.8 Å². The van der Waals surface area contributed by atoms with Crippen LogP contribution in [0.2, 0.25) is 0 Å². The predicted octanol–water partition coefficient (Wildman–Crippen LogP) is 3.42. The lowest BCUT2D eigenvalue weighted by Crippen LogP contribution is -2.42. The largest absolute Gasteiger partial charge is 0.478 e. The van der Waals surface area contributed by atoms with Crippen LogP contribution < -0.4 is 5.32 Å². The number of rotatable bonds is 5. The Morgan fingerprint density at radius 1 is 1.29 bits per heavy atom. The van der Waals surface area contributed by atoms with Crippen molar-refractivity contribution in [1.82, 2.24) is 4.90 Å². The molecule has 0 atom stereocenters. The van der Waals surface area contributed by atoms with Gasteiger partial charge in [-0.2, -0.15) is 0 Å². The van der Waals surface area contributed by atoms with Crippen molar-refractivity contribution in [3.8, 4) is 0 Å². The Bertz CT molecular complexity index is 530. The fourth-order valence-corrected chi connectivity index (χ4v) is 1.88. The number of anilines is 1. The van der Waals surface area contributed by atoms with Gasteiger partial charge in [-0.15, -0.1) is 0 Å². The Kier molecular flexibility index (Phi) is 5.69. The van der Waals surface area contributed by atoms with Crippen LogP contribution in [0.25, 0.3) is 0 Å². The zero-order valence-corrected chi connectivity index (χ0v) is 12.7. The number of hydrogen-bond donors (Lipinski definition) is 2. The first-order chi connectivity index (χ1) is 9.72. The number of carboxylic acids is 1. The first kappa shape index (κ1) is 16.9. The van der Waals surface area contributed by atoms with Crippen LogP contribution in [0.15, 0.2) is 18.2 Å². The topological polar surface area (TPSA) is 69.6 Å². The van der Waals surface area contributed by atoms with E-state index in [4.69, 9.17) is 5.11 Å². The monoisotopic (exact) mass is 296 g/mol. The molecule has 1 aromatic rings. The second kappa shape index (κ2) is 7.06. The van der Waals surface area contributed by atoms with Gasteiger partial charge >= 0.3 is 12.0 Å². The third kappa shape index (κ3) is 4.73. The summed E-state index contributed by atoms with van der Waals surface area (Å²) in [6.45, 7) is 8.39. The highest BCUT2D eigenvalue weighted by Crippen LogP contribution is 2.16. The first-order valence-electron chi connectivity index (χ1n) is 6.82. The second-order valence-electron chi connectivity index (χ2n) is 5.57. The molecule has 0 aromatic heterocycles. The lowest BCUT2D eigenvalue weighted by molar-refractivity contribution is 0.0692. The number of carboxylic acid groups (broad SMARTS) is 1. The maximum absolute atomic E-state index is 13.6. The van der Waals surface area contributed by atoms with Gasteiger partial charge in [0, 0.05) is 18.3 Å². The molecule has 5 nitrogen and oxygen atoms in total. The zero-order valence-electron chi connectivity index (χ0n) is 12.7. The van der Waals surface area contributed by atoms with E-state index in [0.717, 1.165) is 12.1 Å². The zero-order chi connectivity index (χ0) is 16.2. The van der Waals surface area contributed by atoms with E-state index in [1.54, 1.807) is 4.90 Å². The van der Waals surface area contributed by atoms with Crippen LogP contribution in [0, 0.1) is 11.7 Å². The Morgan fingerprint density at radius 2 is 1.90 bits per heavy atom. The van der Waals surface area contributed by atoms with Crippen LogP contribution >= 0.6 is 0 Å². The molecule has 116 valence electrons. The Morgan fingerprint density at radius 3 is 2.33 bits per heavy atom. The summed E-state index contributed by atoms with van der Waals surface area (Å²) >= 11 is 0. The number of nitrogens with zero attached hydrogens (tertiary/aromatic N) is 1. The fourth-order valence-electron chi connectivity index (χ4n) is 1.88. The standard InChI is InChI=1S/C15H21FN2O3/c1-9(2)8-18(10(3)4)15(21)17-11-5-6-12(14(19)20)13(16)7-11/h5-7,9-10H,8H2,1-4H3,(H,17,21)(H,19,20). The minimum atomic E-state index is -1.34. The first-order valence-corrected chi connectivity index (χ1v) is 6.82. The van der Waals surface area contributed by atoms with Gasteiger partial charge in [-0.25, -0.2) is 14.0 Å². The van der Waals surface area contributed by atoms with Gasteiger partial charge in [0.1, 0.15) is 5.82 Å². The molecule has 0 heterocycles. The number of aromatic carboxylic acids is 1. The van der Waals surface area contributed by atoms with Crippen LogP contribution in [0.5, 0.6) is 0 Å². The quantitative estimate of drug-likeness (QED) is 0.874. The number of carbonyl (C=O) groups excluding carboxylic acids is 1. The molecule has 0 unspecified atom stereocenters. The summed E-state index contributed by atoms with van der Waals surface area (Å²) < 4.78 is 13.6. The number of hydrogen-bond acceptors (Lipinski definition) is 2. The molecule has 21 heavy (non-hydrogen) atoms. The van der Waals surface area contributed by atoms with Crippen molar-refractivity contribution < 1.29 is 19.1 Å². The molecule has 0 saturated heterocycles. The maximum atomic E-state index is 13.6. The SMILES string of the molecule is CC(C)CN(C(=O)Nc1ccc(C(=O)O)c(F)c1)C(C)C. The molecule has 2 N–H and O–H groups in total. The molecule has 2 amide bonds. The van der Waals surface area contributed by atoms with E-state index >= 15 is 0 Å². The van der Waals surface area contributed by atoms with Crippen molar-refractivity contribution in [2.24, 2.45) is 5.92 Å². The van der Waals surface area contributed by atoms with Gasteiger partial charge in [0.2, 0.25) is 0 Å². The number of urea groups is 1. The maximum Gasteiger partial charge on any atom is 0.338 e. The summed E-state index contributed by atoms with van der Waals surface area (Å²) in [5.41, 5.74) is -0.187. The molecule has 0 fully saturated rings. The molecule has 0 aliphatic heterocycles. The second-order valence-corrected chi connectivity index (χ2v) is 5.57. The molecular weight excluding hydrogens is 275 g/mol. The number of nitrogens with one attached hydrogen (secondary N) is 1. The number of halogens is 1. The lowest BCUT2D eigenvalue weighted by Gasteiger charge is -2.28. The van der Waals surface area contributed by atoms with Crippen molar-refractivity contribution in [3.05, 3.63) is 29.6 Å². The van der Waals surface area contributed by atoms with Crippen LogP contribution in [0.3, 0.4) is 0 Å². The number of carbonyl (C=O) groups is 2. The van der Waals surface area contributed by atoms with Crippen LogP contribution in [0.1, 0.15) is 38.1 Å². The van der Waals surface area contributed by atoms with Crippen LogP contribution in [0.4, 0.5) is 14.9 Å². The normalized spacial score (nSPS) is 10.8. The minimum Gasteiger partial charge on any atom is -0.478 e. The van der Waals surface area contributed by atoms with Crippen molar-refractivity contribution in [3.63, 3.8) is 0 Å². The van der Waals surface area contributed by atoms with Crippen molar-refractivity contribution in [2.75, 3.05) is 11.9 Å². The summed E-state index contributed by atoms with van der Waals surface area (Å²) in [5, 5.41) is 11.4. The molecule has 1 rings (SSSR count). The molecule has 0 bridgehead atoms. The van der Waals surface area contributed by atoms with Gasteiger partial charge in [-0.05, 0) is 38.0 Å². The fraction of sp³-hybridized carbons (Fsp3) is 0.467. The van der Waals surface area contributed by atoms with Gasteiger partial charge in [0.25, 0.3) is 0 Å². The number of benzene rings is 1. The molecule has 6 heteroatoms. The van der Waals surface area contributed by atoms with E-state index in [0.29, 0.717) is 12.5 Å². The molecule has 0 aliphatic rings. The lowest BCUT2D eigenvalue weighted by atomic mass is 10.2. The number of amides is 2. The van der Waals surface area contributed by atoms with Gasteiger partial charge in [-0.3, -0.25) is 0 Å². The van der Waals surface area contributed by atoms with Crippen molar-refractivity contribution in [1.29, 1.82) is 0 Å². The van der Waals surface area contributed by atoms with E-state index in [2.05, 4.69) is 5.32 Å². The Balaban J connectivity index is 2.86. The minimum absolute atomic E-state index is 0.00976. The van der Waals surface area contributed by atoms with Crippen molar-refractivity contribution >= 4 is 17.7 Å². The van der Waals surface area contributed by atoms with Gasteiger partial charge in [-0.1, -0.05) is 13.8 Å².